The molecule has 0 bridgehead atoms. The van der Waals surface area contributed by atoms with E-state index in [1.165, 1.54) is 18.6 Å². The summed E-state index contributed by atoms with van der Waals surface area (Å²) in [5.74, 6) is 5.46. The maximum Gasteiger partial charge on any atom is 0.269 e. The second-order valence-electron chi connectivity index (χ2n) is 5.02. The van der Waals surface area contributed by atoms with Crippen LogP contribution in [0.1, 0.15) is 24.8 Å². The van der Waals surface area contributed by atoms with Crippen LogP contribution in [0, 0.1) is 10.1 Å². The molecule has 0 heterocycles. The third kappa shape index (κ3) is 3.24. The lowest BCUT2D eigenvalue weighted by atomic mass is 9.91. The number of nitrogen functional groups attached to an aromatic ring is 1. The van der Waals surface area contributed by atoms with E-state index in [2.05, 4.69) is 10.3 Å². The Hall–Kier alpha value is -1.70. The summed E-state index contributed by atoms with van der Waals surface area (Å²) in [5.41, 5.74) is 4.08. The maximum absolute atomic E-state index is 10.9. The Balaban J connectivity index is 2.19. The lowest BCUT2D eigenvalue weighted by Gasteiger charge is -2.37. The van der Waals surface area contributed by atoms with Crippen LogP contribution in [-0.4, -0.2) is 34.1 Å². The summed E-state index contributed by atoms with van der Waals surface area (Å²) in [5, 5.41) is 20.0. The number of hydrazine groups is 1. The molecule has 7 nitrogen and oxygen atoms in total. The summed E-state index contributed by atoms with van der Waals surface area (Å²) in [7, 11) is 0. The molecule has 2 rings (SSSR count). The summed E-state index contributed by atoms with van der Waals surface area (Å²) in [6.07, 6.45) is 3.42. The van der Waals surface area contributed by atoms with Gasteiger partial charge in [0.15, 0.2) is 0 Å². The van der Waals surface area contributed by atoms with Gasteiger partial charge in [-0.1, -0.05) is 6.42 Å². The second-order valence-corrected chi connectivity index (χ2v) is 5.02. The zero-order valence-corrected chi connectivity index (χ0v) is 11.3. The average molecular weight is 280 g/mol. The van der Waals surface area contributed by atoms with Crippen molar-refractivity contribution in [2.24, 2.45) is 5.84 Å². The smallest absolute Gasteiger partial charge is 0.269 e. The third-order valence-electron chi connectivity index (χ3n) is 3.81. The Labute approximate surface area is 117 Å². The van der Waals surface area contributed by atoms with Crippen LogP contribution in [0.25, 0.3) is 0 Å². The van der Waals surface area contributed by atoms with Crippen molar-refractivity contribution < 1.29 is 10.0 Å². The molecule has 1 saturated carbocycles. The first-order valence-electron chi connectivity index (χ1n) is 6.74. The number of hydrogen-bond donors (Lipinski definition) is 3. The largest absolute Gasteiger partial charge is 0.395 e. The standard InChI is InChI=1S/C13H20N4O3/c14-15-13-5-4-12(17(19)20)8-10(13)9-16(6-7-18)11-2-1-3-11/h4-5,8,11,15,18H,1-3,6-7,9,14H2. The van der Waals surface area contributed by atoms with Crippen molar-refractivity contribution in [3.8, 4) is 0 Å². The number of aliphatic hydroxyl groups excluding tert-OH is 1. The van der Waals surface area contributed by atoms with Gasteiger partial charge >= 0.3 is 0 Å². The van der Waals surface area contributed by atoms with Crippen molar-refractivity contribution in [2.75, 3.05) is 18.6 Å². The highest BCUT2D eigenvalue weighted by atomic mass is 16.6. The van der Waals surface area contributed by atoms with Crippen LogP contribution in [-0.2, 0) is 6.54 Å². The minimum Gasteiger partial charge on any atom is -0.395 e. The van der Waals surface area contributed by atoms with Gasteiger partial charge < -0.3 is 10.5 Å². The van der Waals surface area contributed by atoms with Crippen LogP contribution in [0.4, 0.5) is 11.4 Å². The first-order valence-corrected chi connectivity index (χ1v) is 6.74. The fourth-order valence-corrected chi connectivity index (χ4v) is 2.46. The van der Waals surface area contributed by atoms with Gasteiger partial charge in [-0.25, -0.2) is 0 Å². The highest BCUT2D eigenvalue weighted by Crippen LogP contribution is 2.29. The zero-order valence-electron chi connectivity index (χ0n) is 11.3. The van der Waals surface area contributed by atoms with Crippen molar-refractivity contribution in [3.05, 3.63) is 33.9 Å². The number of anilines is 1. The summed E-state index contributed by atoms with van der Waals surface area (Å²) >= 11 is 0. The summed E-state index contributed by atoms with van der Waals surface area (Å²) in [6.45, 7) is 1.20. The van der Waals surface area contributed by atoms with Gasteiger partial charge in [-0.15, -0.1) is 0 Å². The number of nitrogens with zero attached hydrogens (tertiary/aromatic N) is 2. The van der Waals surface area contributed by atoms with Crippen LogP contribution in [0.5, 0.6) is 0 Å². The molecule has 0 amide bonds. The molecule has 7 heteroatoms. The minimum atomic E-state index is -0.413. The van der Waals surface area contributed by atoms with Crippen molar-refractivity contribution in [1.29, 1.82) is 0 Å². The number of hydrogen-bond acceptors (Lipinski definition) is 6. The molecule has 110 valence electrons. The van der Waals surface area contributed by atoms with Crippen LogP contribution in [0.2, 0.25) is 0 Å². The first kappa shape index (κ1) is 14.7. The topological polar surface area (TPSA) is 105 Å². The summed E-state index contributed by atoms with van der Waals surface area (Å²) in [6, 6.07) is 5.04. The van der Waals surface area contributed by atoms with Crippen LogP contribution in [0.3, 0.4) is 0 Å². The van der Waals surface area contributed by atoms with Crippen molar-refractivity contribution in [3.63, 3.8) is 0 Å². The van der Waals surface area contributed by atoms with E-state index in [0.29, 0.717) is 24.8 Å². The molecule has 1 aromatic rings. The second kappa shape index (κ2) is 6.65. The number of nitrogens with one attached hydrogen (secondary N) is 1. The zero-order chi connectivity index (χ0) is 14.5. The SMILES string of the molecule is NNc1ccc([N+](=O)[O-])cc1CN(CCO)C1CCC1. The van der Waals surface area contributed by atoms with E-state index in [1.54, 1.807) is 6.07 Å². The highest BCUT2D eigenvalue weighted by Gasteiger charge is 2.25. The van der Waals surface area contributed by atoms with E-state index in [-0.39, 0.29) is 12.3 Å². The number of nitro groups is 1. The van der Waals surface area contributed by atoms with Crippen molar-refractivity contribution >= 4 is 11.4 Å². The van der Waals surface area contributed by atoms with Gasteiger partial charge in [-0.2, -0.15) is 0 Å². The Morgan fingerprint density at radius 2 is 2.25 bits per heavy atom. The molecular weight excluding hydrogens is 260 g/mol. The number of nitrogens with two attached hydrogens (primary N) is 1. The highest BCUT2D eigenvalue weighted by molar-refractivity contribution is 5.55. The van der Waals surface area contributed by atoms with Crippen LogP contribution < -0.4 is 11.3 Å². The molecule has 0 unspecified atom stereocenters. The molecule has 1 aliphatic carbocycles. The van der Waals surface area contributed by atoms with Gasteiger partial charge in [0.25, 0.3) is 5.69 Å². The fraction of sp³-hybridized carbons (Fsp3) is 0.538. The van der Waals surface area contributed by atoms with E-state index in [0.717, 1.165) is 18.4 Å². The number of non-ortho nitro benzene ring substituents is 1. The molecule has 1 fully saturated rings. The molecule has 1 aromatic carbocycles. The van der Waals surface area contributed by atoms with Gasteiger partial charge in [0.05, 0.1) is 17.2 Å². The lowest BCUT2D eigenvalue weighted by molar-refractivity contribution is -0.384. The van der Waals surface area contributed by atoms with Crippen LogP contribution in [0.15, 0.2) is 18.2 Å². The maximum atomic E-state index is 10.9. The number of rotatable bonds is 7. The predicted molar refractivity (Wildman–Crippen MR) is 76.0 cm³/mol. The normalized spacial score (nSPS) is 15.2. The molecule has 1 aliphatic rings. The molecule has 0 aliphatic heterocycles. The molecule has 20 heavy (non-hydrogen) atoms. The molecule has 0 saturated heterocycles. The molecular formula is C13H20N4O3. The quantitative estimate of drug-likeness (QED) is 0.394. The van der Waals surface area contributed by atoms with Crippen molar-refractivity contribution in [2.45, 2.75) is 31.8 Å². The van der Waals surface area contributed by atoms with Gasteiger partial charge in [0, 0.05) is 31.3 Å². The number of aliphatic hydroxyl groups is 1. The molecule has 0 aromatic heterocycles. The lowest BCUT2D eigenvalue weighted by Crippen LogP contribution is -2.41. The Bertz CT molecular complexity index is 477. The average Bonchev–Trinajstić information content (AvgIpc) is 2.36. The van der Waals surface area contributed by atoms with Gasteiger partial charge in [0.2, 0.25) is 0 Å². The first-order chi connectivity index (χ1) is 9.65. The summed E-state index contributed by atoms with van der Waals surface area (Å²) < 4.78 is 0. The number of nitro benzene ring substituents is 1. The van der Waals surface area contributed by atoms with E-state index < -0.39 is 4.92 Å². The van der Waals surface area contributed by atoms with E-state index in [4.69, 9.17) is 10.9 Å². The van der Waals surface area contributed by atoms with Crippen LogP contribution >= 0.6 is 0 Å². The predicted octanol–water partition coefficient (Wildman–Crippen LogP) is 1.23. The fourth-order valence-electron chi connectivity index (χ4n) is 2.46. The van der Waals surface area contributed by atoms with E-state index >= 15 is 0 Å². The van der Waals surface area contributed by atoms with E-state index in [9.17, 15) is 10.1 Å². The third-order valence-corrected chi connectivity index (χ3v) is 3.81. The Morgan fingerprint density at radius 3 is 2.75 bits per heavy atom. The van der Waals surface area contributed by atoms with E-state index in [1.807, 2.05) is 0 Å². The van der Waals surface area contributed by atoms with Gasteiger partial charge in [-0.3, -0.25) is 20.9 Å². The van der Waals surface area contributed by atoms with Crippen molar-refractivity contribution in [1.82, 2.24) is 4.90 Å². The Morgan fingerprint density at radius 1 is 1.50 bits per heavy atom. The van der Waals surface area contributed by atoms with Gasteiger partial charge in [-0.05, 0) is 24.5 Å². The molecule has 0 radical (unpaired) electrons. The van der Waals surface area contributed by atoms with Gasteiger partial charge in [0.1, 0.15) is 0 Å². The molecule has 0 atom stereocenters. The minimum absolute atomic E-state index is 0.0524. The summed E-state index contributed by atoms with van der Waals surface area (Å²) in [4.78, 5) is 12.6. The molecule has 4 N–H and O–H groups in total. The monoisotopic (exact) mass is 280 g/mol. The Kier molecular flexibility index (Phi) is 4.89. The molecule has 0 spiro atoms. The number of benzene rings is 1.